The van der Waals surface area contributed by atoms with E-state index >= 15 is 0 Å². The first kappa shape index (κ1) is 12.7. The van der Waals surface area contributed by atoms with Crippen LogP contribution in [0, 0.1) is 0 Å². The second-order valence-electron chi connectivity index (χ2n) is 4.38. The van der Waals surface area contributed by atoms with E-state index < -0.39 is 0 Å². The van der Waals surface area contributed by atoms with Gasteiger partial charge in [0.05, 0.1) is 12.7 Å². The molecule has 2 aliphatic heterocycles. The Labute approximate surface area is 102 Å². The van der Waals surface area contributed by atoms with Crippen molar-refractivity contribution in [3.63, 3.8) is 0 Å². The van der Waals surface area contributed by atoms with Crippen molar-refractivity contribution in [2.24, 2.45) is 0 Å². The van der Waals surface area contributed by atoms with E-state index in [-0.39, 0.29) is 6.29 Å². The van der Waals surface area contributed by atoms with Gasteiger partial charge >= 0.3 is 0 Å². The molecule has 94 valence electrons. The quantitative estimate of drug-likeness (QED) is 0.673. The average Bonchev–Trinajstić information content (AvgIpc) is 2.83. The van der Waals surface area contributed by atoms with Gasteiger partial charge in [-0.15, -0.1) is 0 Å². The molecule has 2 aliphatic rings. The summed E-state index contributed by atoms with van der Waals surface area (Å²) in [7, 11) is 0. The van der Waals surface area contributed by atoms with Gasteiger partial charge in [0.2, 0.25) is 0 Å². The van der Waals surface area contributed by atoms with E-state index in [2.05, 4.69) is 0 Å². The van der Waals surface area contributed by atoms with Crippen LogP contribution in [-0.4, -0.2) is 43.7 Å². The number of hydrogen-bond acceptors (Lipinski definition) is 4. The first-order chi connectivity index (χ1) is 7.95. The summed E-state index contributed by atoms with van der Waals surface area (Å²) in [5.41, 5.74) is 0. The van der Waals surface area contributed by atoms with E-state index in [4.69, 9.17) is 14.2 Å². The Kier molecular flexibility index (Phi) is 5.97. The molecule has 0 amide bonds. The average molecular weight is 246 g/mol. The molecule has 16 heavy (non-hydrogen) atoms. The Morgan fingerprint density at radius 2 is 2.00 bits per heavy atom. The van der Waals surface area contributed by atoms with Crippen molar-refractivity contribution >= 4 is 11.8 Å². The zero-order chi connectivity index (χ0) is 11.1. The fourth-order valence-electron chi connectivity index (χ4n) is 2.07. The van der Waals surface area contributed by atoms with Crippen LogP contribution in [0.25, 0.3) is 0 Å². The summed E-state index contributed by atoms with van der Waals surface area (Å²) in [6.07, 6.45) is 6.53. The fraction of sp³-hybridized carbons (Fsp3) is 1.00. The molecule has 0 aromatic carbocycles. The monoisotopic (exact) mass is 246 g/mol. The largest absolute Gasteiger partial charge is 0.377 e. The topological polar surface area (TPSA) is 27.7 Å². The van der Waals surface area contributed by atoms with Gasteiger partial charge in [-0.3, -0.25) is 0 Å². The van der Waals surface area contributed by atoms with Crippen molar-refractivity contribution in [1.82, 2.24) is 0 Å². The van der Waals surface area contributed by atoms with Crippen molar-refractivity contribution in [3.8, 4) is 0 Å². The number of rotatable bonds is 6. The minimum Gasteiger partial charge on any atom is -0.377 e. The second kappa shape index (κ2) is 7.54. The highest BCUT2D eigenvalue weighted by Crippen LogP contribution is 2.18. The second-order valence-corrected chi connectivity index (χ2v) is 5.53. The molecule has 0 bridgehead atoms. The van der Waals surface area contributed by atoms with Gasteiger partial charge in [-0.2, -0.15) is 11.8 Å². The standard InChI is InChI=1S/C12H22O3S/c1-2-6-14-12(5-1)15-8-9-16-10-11-4-3-7-13-11/h11-12H,1-10H2. The van der Waals surface area contributed by atoms with Gasteiger partial charge in [-0.25, -0.2) is 0 Å². The Balaban J connectivity index is 1.42. The summed E-state index contributed by atoms with van der Waals surface area (Å²) in [5, 5.41) is 0. The lowest BCUT2D eigenvalue weighted by atomic mass is 10.2. The Hall–Kier alpha value is 0.230. The maximum Gasteiger partial charge on any atom is 0.157 e. The summed E-state index contributed by atoms with van der Waals surface area (Å²) in [6.45, 7) is 2.63. The Morgan fingerprint density at radius 3 is 2.75 bits per heavy atom. The molecule has 2 fully saturated rings. The molecule has 0 spiro atoms. The predicted octanol–water partition coefficient (Wildman–Crippen LogP) is 2.44. The smallest absolute Gasteiger partial charge is 0.157 e. The third-order valence-electron chi connectivity index (χ3n) is 3.00. The van der Waals surface area contributed by atoms with Crippen molar-refractivity contribution < 1.29 is 14.2 Å². The molecule has 0 aromatic rings. The Morgan fingerprint density at radius 1 is 1.06 bits per heavy atom. The molecular formula is C12H22O3S. The van der Waals surface area contributed by atoms with Crippen molar-refractivity contribution in [1.29, 1.82) is 0 Å². The van der Waals surface area contributed by atoms with Gasteiger partial charge in [0.15, 0.2) is 6.29 Å². The maximum atomic E-state index is 5.66. The van der Waals surface area contributed by atoms with Crippen molar-refractivity contribution in [2.45, 2.75) is 44.5 Å². The number of hydrogen-bond donors (Lipinski definition) is 0. The van der Waals surface area contributed by atoms with Crippen LogP contribution in [0.1, 0.15) is 32.1 Å². The summed E-state index contributed by atoms with van der Waals surface area (Å²) < 4.78 is 16.7. The first-order valence-electron chi connectivity index (χ1n) is 6.38. The summed E-state index contributed by atoms with van der Waals surface area (Å²) in [5.74, 6) is 2.18. The van der Waals surface area contributed by atoms with Crippen LogP contribution in [0.3, 0.4) is 0 Å². The van der Waals surface area contributed by atoms with Crippen LogP contribution in [0.5, 0.6) is 0 Å². The van der Waals surface area contributed by atoms with Crippen LogP contribution in [0.2, 0.25) is 0 Å². The molecule has 2 unspecified atom stereocenters. The van der Waals surface area contributed by atoms with Gasteiger partial charge in [-0.1, -0.05) is 0 Å². The van der Waals surface area contributed by atoms with Crippen LogP contribution in [-0.2, 0) is 14.2 Å². The zero-order valence-electron chi connectivity index (χ0n) is 9.86. The lowest BCUT2D eigenvalue weighted by molar-refractivity contribution is -0.158. The summed E-state index contributed by atoms with van der Waals surface area (Å²) >= 11 is 1.93. The lowest BCUT2D eigenvalue weighted by Crippen LogP contribution is -2.23. The summed E-state index contributed by atoms with van der Waals surface area (Å²) in [4.78, 5) is 0. The highest BCUT2D eigenvalue weighted by molar-refractivity contribution is 7.99. The molecule has 0 aliphatic carbocycles. The van der Waals surface area contributed by atoms with E-state index in [9.17, 15) is 0 Å². The normalized spacial score (nSPS) is 30.8. The molecule has 0 saturated carbocycles. The molecule has 4 heteroatoms. The van der Waals surface area contributed by atoms with E-state index in [1.54, 1.807) is 0 Å². The molecule has 2 saturated heterocycles. The molecule has 3 nitrogen and oxygen atoms in total. The van der Waals surface area contributed by atoms with Crippen molar-refractivity contribution in [2.75, 3.05) is 31.3 Å². The first-order valence-corrected chi connectivity index (χ1v) is 7.53. The molecule has 0 aromatic heterocycles. The predicted molar refractivity (Wildman–Crippen MR) is 65.8 cm³/mol. The molecule has 0 radical (unpaired) electrons. The third-order valence-corrected chi connectivity index (χ3v) is 4.06. The fourth-order valence-corrected chi connectivity index (χ4v) is 2.98. The maximum absolute atomic E-state index is 5.66. The van der Waals surface area contributed by atoms with Crippen LogP contribution >= 0.6 is 11.8 Å². The van der Waals surface area contributed by atoms with Crippen LogP contribution < -0.4 is 0 Å². The van der Waals surface area contributed by atoms with Gasteiger partial charge in [0.1, 0.15) is 0 Å². The minimum absolute atomic E-state index is 0.0667. The number of thioether (sulfide) groups is 1. The number of ether oxygens (including phenoxy) is 3. The third kappa shape index (κ3) is 4.62. The molecule has 0 N–H and O–H groups in total. The van der Waals surface area contributed by atoms with Gasteiger partial charge in [-0.05, 0) is 32.1 Å². The zero-order valence-corrected chi connectivity index (χ0v) is 10.7. The van der Waals surface area contributed by atoms with E-state index in [0.717, 1.165) is 37.7 Å². The minimum atomic E-state index is 0.0667. The van der Waals surface area contributed by atoms with Crippen LogP contribution in [0.4, 0.5) is 0 Å². The molecule has 2 heterocycles. The SMILES string of the molecule is C1CCC(OCCSCC2CCCO2)OC1. The molecular weight excluding hydrogens is 224 g/mol. The van der Waals surface area contributed by atoms with E-state index in [1.807, 2.05) is 11.8 Å². The summed E-state index contributed by atoms with van der Waals surface area (Å²) in [6, 6.07) is 0. The van der Waals surface area contributed by atoms with E-state index in [0.29, 0.717) is 6.10 Å². The molecule has 2 atom stereocenters. The highest BCUT2D eigenvalue weighted by Gasteiger charge is 2.16. The Bertz CT molecular complexity index is 177. The molecule has 2 rings (SSSR count). The van der Waals surface area contributed by atoms with Gasteiger partial charge < -0.3 is 14.2 Å². The van der Waals surface area contributed by atoms with Gasteiger partial charge in [0.25, 0.3) is 0 Å². The van der Waals surface area contributed by atoms with E-state index in [1.165, 1.54) is 25.7 Å². The lowest BCUT2D eigenvalue weighted by Gasteiger charge is -2.22. The van der Waals surface area contributed by atoms with Gasteiger partial charge in [0, 0.05) is 24.7 Å². The van der Waals surface area contributed by atoms with Crippen LogP contribution in [0.15, 0.2) is 0 Å². The highest BCUT2D eigenvalue weighted by atomic mass is 32.2. The van der Waals surface area contributed by atoms with Crippen molar-refractivity contribution in [3.05, 3.63) is 0 Å².